The van der Waals surface area contributed by atoms with E-state index in [-0.39, 0.29) is 18.2 Å². The summed E-state index contributed by atoms with van der Waals surface area (Å²) < 4.78 is 80.5. The smallest absolute Gasteiger partial charge is 0.330 e. The van der Waals surface area contributed by atoms with Crippen molar-refractivity contribution in [2.45, 2.75) is 71.9 Å². The third-order valence-electron chi connectivity index (χ3n) is 7.09. The monoisotopic (exact) mass is 500 g/mol. The third kappa shape index (κ3) is 7.46. The fourth-order valence-electron chi connectivity index (χ4n) is 5.25. The molecule has 0 saturated heterocycles. The SMILES string of the molecule is Cc1cc(C)c(CN(Cc2cc(C(F)(F)F)cc(C(F)(F)F)c2)CC2CCC(CN)CC2)c(C)c1. The standard InChI is InChI=1S/C27H34F6N2/c1-17-8-18(2)25(19(3)9-17)16-35(14-21-6-4-20(13-34)5-7-21)15-22-10-23(26(28,29)30)12-24(11-22)27(31,32)33/h8-12,20-21H,4-7,13-16,34H2,1-3H3. The molecule has 2 nitrogen and oxygen atoms in total. The fraction of sp³-hybridized carbons (Fsp3) is 0.556. The van der Waals surface area contributed by atoms with Crippen molar-refractivity contribution in [1.82, 2.24) is 4.90 Å². The van der Waals surface area contributed by atoms with Crippen molar-refractivity contribution in [2.75, 3.05) is 13.1 Å². The molecule has 0 amide bonds. The normalized spacial score (nSPS) is 19.4. The molecule has 35 heavy (non-hydrogen) atoms. The van der Waals surface area contributed by atoms with E-state index in [0.717, 1.165) is 60.1 Å². The number of hydrogen-bond donors (Lipinski definition) is 1. The van der Waals surface area contributed by atoms with Crippen LogP contribution < -0.4 is 5.73 Å². The lowest BCUT2D eigenvalue weighted by Gasteiger charge is -2.33. The highest BCUT2D eigenvalue weighted by molar-refractivity contribution is 5.38. The second-order valence-electron chi connectivity index (χ2n) is 10.1. The van der Waals surface area contributed by atoms with Gasteiger partial charge in [-0.15, -0.1) is 0 Å². The minimum Gasteiger partial charge on any atom is -0.330 e. The third-order valence-corrected chi connectivity index (χ3v) is 7.09. The Balaban J connectivity index is 1.93. The predicted octanol–water partition coefficient (Wildman–Crippen LogP) is 7.42. The van der Waals surface area contributed by atoms with E-state index >= 15 is 0 Å². The van der Waals surface area contributed by atoms with Crippen LogP contribution >= 0.6 is 0 Å². The average Bonchev–Trinajstić information content (AvgIpc) is 2.75. The second-order valence-corrected chi connectivity index (χ2v) is 10.1. The number of halogens is 6. The Morgan fingerprint density at radius 3 is 1.69 bits per heavy atom. The summed E-state index contributed by atoms with van der Waals surface area (Å²) in [6.07, 6.45) is -5.79. The minimum atomic E-state index is -4.86. The zero-order valence-corrected chi connectivity index (χ0v) is 20.5. The lowest BCUT2D eigenvalue weighted by Crippen LogP contribution is -2.32. The van der Waals surface area contributed by atoms with Gasteiger partial charge in [-0.1, -0.05) is 17.7 Å². The largest absolute Gasteiger partial charge is 0.416 e. The molecule has 2 aromatic carbocycles. The van der Waals surface area contributed by atoms with Crippen LogP contribution in [0.25, 0.3) is 0 Å². The Bertz CT molecular complexity index is 948. The van der Waals surface area contributed by atoms with Crippen molar-refractivity contribution in [2.24, 2.45) is 17.6 Å². The van der Waals surface area contributed by atoms with E-state index in [9.17, 15) is 26.3 Å². The topological polar surface area (TPSA) is 29.3 Å². The lowest BCUT2D eigenvalue weighted by atomic mass is 9.81. The molecular weight excluding hydrogens is 466 g/mol. The summed E-state index contributed by atoms with van der Waals surface area (Å²) in [5.41, 5.74) is 7.60. The molecule has 8 heteroatoms. The first-order valence-electron chi connectivity index (χ1n) is 12.0. The summed E-state index contributed by atoms with van der Waals surface area (Å²) in [4.78, 5) is 2.01. The molecule has 0 radical (unpaired) electrons. The minimum absolute atomic E-state index is 0.0105. The molecule has 1 fully saturated rings. The zero-order chi connectivity index (χ0) is 26.0. The Hall–Kier alpha value is -2.06. The molecule has 1 aliphatic carbocycles. The van der Waals surface area contributed by atoms with Crippen LogP contribution in [0.15, 0.2) is 30.3 Å². The van der Waals surface area contributed by atoms with Gasteiger partial charge in [-0.05, 0) is 105 Å². The lowest BCUT2D eigenvalue weighted by molar-refractivity contribution is -0.143. The number of hydrogen-bond acceptors (Lipinski definition) is 2. The molecule has 0 bridgehead atoms. The van der Waals surface area contributed by atoms with Crippen LogP contribution in [0.2, 0.25) is 0 Å². The van der Waals surface area contributed by atoms with E-state index < -0.39 is 23.5 Å². The zero-order valence-electron chi connectivity index (χ0n) is 20.5. The molecule has 0 heterocycles. The molecule has 1 aliphatic rings. The highest BCUT2D eigenvalue weighted by atomic mass is 19.4. The molecular formula is C27H34F6N2. The molecule has 194 valence electrons. The molecule has 0 unspecified atom stereocenters. The predicted molar refractivity (Wildman–Crippen MR) is 126 cm³/mol. The Kier molecular flexibility index (Phi) is 8.58. The molecule has 3 rings (SSSR count). The van der Waals surface area contributed by atoms with E-state index in [0.29, 0.717) is 31.5 Å². The van der Waals surface area contributed by atoms with Gasteiger partial charge in [0.05, 0.1) is 11.1 Å². The van der Waals surface area contributed by atoms with Crippen molar-refractivity contribution in [3.05, 3.63) is 69.3 Å². The molecule has 0 atom stereocenters. The van der Waals surface area contributed by atoms with Crippen LogP contribution in [0.4, 0.5) is 26.3 Å². The van der Waals surface area contributed by atoms with Crippen LogP contribution in [0, 0.1) is 32.6 Å². The number of aryl methyl sites for hydroxylation is 3. The van der Waals surface area contributed by atoms with Gasteiger partial charge in [0.25, 0.3) is 0 Å². The first-order chi connectivity index (χ1) is 16.3. The Morgan fingerprint density at radius 2 is 1.23 bits per heavy atom. The summed E-state index contributed by atoms with van der Waals surface area (Å²) in [5, 5.41) is 0. The van der Waals surface area contributed by atoms with Gasteiger partial charge < -0.3 is 5.73 Å². The van der Waals surface area contributed by atoms with E-state index in [2.05, 4.69) is 12.1 Å². The maximum atomic E-state index is 13.4. The van der Waals surface area contributed by atoms with Crippen molar-refractivity contribution in [1.29, 1.82) is 0 Å². The van der Waals surface area contributed by atoms with Crippen LogP contribution in [-0.4, -0.2) is 18.0 Å². The van der Waals surface area contributed by atoms with Crippen LogP contribution in [0.3, 0.4) is 0 Å². The summed E-state index contributed by atoms with van der Waals surface area (Å²) >= 11 is 0. The van der Waals surface area contributed by atoms with Gasteiger partial charge in [0.15, 0.2) is 0 Å². The van der Waals surface area contributed by atoms with Crippen molar-refractivity contribution >= 4 is 0 Å². The van der Waals surface area contributed by atoms with Gasteiger partial charge in [-0.25, -0.2) is 0 Å². The van der Waals surface area contributed by atoms with Gasteiger partial charge in [-0.2, -0.15) is 26.3 Å². The molecule has 2 N–H and O–H groups in total. The second kappa shape index (κ2) is 10.9. The van der Waals surface area contributed by atoms with Gasteiger partial charge in [0.1, 0.15) is 0 Å². The van der Waals surface area contributed by atoms with Gasteiger partial charge >= 0.3 is 12.4 Å². The van der Waals surface area contributed by atoms with Gasteiger partial charge in [0, 0.05) is 19.6 Å². The highest BCUT2D eigenvalue weighted by Gasteiger charge is 2.37. The summed E-state index contributed by atoms with van der Waals surface area (Å²) in [6.45, 7) is 7.71. The summed E-state index contributed by atoms with van der Waals surface area (Å²) in [6, 6.07) is 6.00. The van der Waals surface area contributed by atoms with Crippen LogP contribution in [0.1, 0.15) is 64.6 Å². The Labute approximate surface area is 203 Å². The van der Waals surface area contributed by atoms with Crippen LogP contribution in [0.5, 0.6) is 0 Å². The highest BCUT2D eigenvalue weighted by Crippen LogP contribution is 2.37. The van der Waals surface area contributed by atoms with Gasteiger partial charge in [0.2, 0.25) is 0 Å². The molecule has 1 saturated carbocycles. The van der Waals surface area contributed by atoms with Crippen molar-refractivity contribution < 1.29 is 26.3 Å². The maximum absolute atomic E-state index is 13.4. The number of benzene rings is 2. The average molecular weight is 501 g/mol. The summed E-state index contributed by atoms with van der Waals surface area (Å²) in [5.74, 6) is 0.816. The molecule has 0 aromatic heterocycles. The number of nitrogens with zero attached hydrogens (tertiary/aromatic N) is 1. The van der Waals surface area contributed by atoms with Crippen molar-refractivity contribution in [3.8, 4) is 0 Å². The first kappa shape index (κ1) is 27.5. The molecule has 0 aliphatic heterocycles. The van der Waals surface area contributed by atoms with E-state index in [1.54, 1.807) is 0 Å². The number of nitrogens with two attached hydrogens (primary N) is 1. The van der Waals surface area contributed by atoms with Crippen LogP contribution in [-0.2, 0) is 25.4 Å². The number of alkyl halides is 6. The van der Waals surface area contributed by atoms with Crippen molar-refractivity contribution in [3.63, 3.8) is 0 Å². The van der Waals surface area contributed by atoms with E-state index in [4.69, 9.17) is 5.73 Å². The molecule has 0 spiro atoms. The summed E-state index contributed by atoms with van der Waals surface area (Å²) in [7, 11) is 0. The maximum Gasteiger partial charge on any atom is 0.416 e. The number of rotatable bonds is 7. The Morgan fingerprint density at radius 1 is 0.743 bits per heavy atom. The first-order valence-corrected chi connectivity index (χ1v) is 12.0. The quantitative estimate of drug-likeness (QED) is 0.401. The molecule has 2 aromatic rings. The van der Waals surface area contributed by atoms with E-state index in [1.807, 2.05) is 25.7 Å². The van der Waals surface area contributed by atoms with Gasteiger partial charge in [-0.3, -0.25) is 4.90 Å². The van der Waals surface area contributed by atoms with E-state index in [1.165, 1.54) is 0 Å². The fourth-order valence-corrected chi connectivity index (χ4v) is 5.25.